The summed E-state index contributed by atoms with van der Waals surface area (Å²) >= 11 is 0. The Labute approximate surface area is 130 Å². The molecule has 1 N–H and O–H groups in total. The van der Waals surface area contributed by atoms with Crippen molar-refractivity contribution in [1.29, 1.82) is 0 Å². The fraction of sp³-hybridized carbons (Fsp3) is 0.684. The van der Waals surface area contributed by atoms with E-state index in [9.17, 15) is 0 Å². The van der Waals surface area contributed by atoms with Crippen molar-refractivity contribution in [1.82, 2.24) is 5.32 Å². The molecule has 0 amide bonds. The third kappa shape index (κ3) is 5.03. The van der Waals surface area contributed by atoms with Crippen LogP contribution in [0.1, 0.15) is 58.9 Å². The minimum Gasteiger partial charge on any atom is -0.493 e. The SMILES string of the molecule is CC(C)CC(CNC(C)(C)C)CC1COc2ccccc21. The molecule has 0 spiro atoms. The lowest BCUT2D eigenvalue weighted by molar-refractivity contribution is 0.272. The lowest BCUT2D eigenvalue weighted by Crippen LogP contribution is -2.39. The Morgan fingerprint density at radius 2 is 1.95 bits per heavy atom. The van der Waals surface area contributed by atoms with E-state index in [4.69, 9.17) is 4.74 Å². The number of benzene rings is 1. The van der Waals surface area contributed by atoms with Crippen LogP contribution in [-0.2, 0) is 0 Å². The summed E-state index contributed by atoms with van der Waals surface area (Å²) in [5.74, 6) is 3.11. The molecule has 1 aromatic rings. The van der Waals surface area contributed by atoms with Gasteiger partial charge in [0.2, 0.25) is 0 Å². The lowest BCUT2D eigenvalue weighted by atomic mass is 9.85. The molecule has 0 saturated heterocycles. The third-order valence-corrected chi connectivity index (χ3v) is 4.14. The van der Waals surface area contributed by atoms with Gasteiger partial charge in [0.05, 0.1) is 6.61 Å². The van der Waals surface area contributed by atoms with Crippen molar-refractivity contribution in [3.8, 4) is 5.75 Å². The Balaban J connectivity index is 1.99. The molecular weight excluding hydrogens is 258 g/mol. The van der Waals surface area contributed by atoms with E-state index in [1.165, 1.54) is 18.4 Å². The van der Waals surface area contributed by atoms with Crippen molar-refractivity contribution < 1.29 is 4.74 Å². The molecule has 2 atom stereocenters. The van der Waals surface area contributed by atoms with Crippen molar-refractivity contribution in [2.24, 2.45) is 11.8 Å². The highest BCUT2D eigenvalue weighted by molar-refractivity contribution is 5.39. The van der Waals surface area contributed by atoms with Crippen molar-refractivity contribution in [2.75, 3.05) is 13.2 Å². The van der Waals surface area contributed by atoms with E-state index in [2.05, 4.69) is 64.2 Å². The first-order chi connectivity index (χ1) is 9.85. The molecule has 0 radical (unpaired) electrons. The number of fused-ring (bicyclic) bond motifs is 1. The van der Waals surface area contributed by atoms with Gasteiger partial charge in [0.1, 0.15) is 5.75 Å². The first kappa shape index (κ1) is 16.4. The smallest absolute Gasteiger partial charge is 0.122 e. The standard InChI is InChI=1S/C19H31NO/c1-14(2)10-15(12-20-19(3,4)5)11-16-13-21-18-9-7-6-8-17(16)18/h6-9,14-16,20H,10-13H2,1-5H3. The Bertz CT molecular complexity index is 447. The van der Waals surface area contributed by atoms with E-state index in [0.29, 0.717) is 11.8 Å². The van der Waals surface area contributed by atoms with Gasteiger partial charge in [-0.2, -0.15) is 0 Å². The predicted molar refractivity (Wildman–Crippen MR) is 90.0 cm³/mol. The van der Waals surface area contributed by atoms with Crippen LogP contribution < -0.4 is 10.1 Å². The maximum Gasteiger partial charge on any atom is 0.122 e. The molecule has 2 rings (SSSR count). The fourth-order valence-electron chi connectivity index (χ4n) is 3.21. The maximum absolute atomic E-state index is 5.84. The average molecular weight is 289 g/mol. The van der Waals surface area contributed by atoms with Crippen molar-refractivity contribution in [3.05, 3.63) is 29.8 Å². The summed E-state index contributed by atoms with van der Waals surface area (Å²) in [5, 5.41) is 3.68. The highest BCUT2D eigenvalue weighted by Gasteiger charge is 2.27. The van der Waals surface area contributed by atoms with E-state index in [1.807, 2.05) is 0 Å². The molecule has 2 nitrogen and oxygen atoms in total. The fourth-order valence-corrected chi connectivity index (χ4v) is 3.21. The molecule has 0 fully saturated rings. The van der Waals surface area contributed by atoms with Crippen molar-refractivity contribution in [2.45, 2.75) is 58.9 Å². The molecule has 2 heteroatoms. The second-order valence-electron chi connectivity index (χ2n) is 7.91. The van der Waals surface area contributed by atoms with E-state index in [0.717, 1.165) is 24.8 Å². The van der Waals surface area contributed by atoms with Gasteiger partial charge in [0.25, 0.3) is 0 Å². The number of para-hydroxylation sites is 1. The van der Waals surface area contributed by atoms with Gasteiger partial charge in [-0.15, -0.1) is 0 Å². The van der Waals surface area contributed by atoms with Gasteiger partial charge in [-0.05, 0) is 58.1 Å². The van der Waals surface area contributed by atoms with Crippen LogP contribution >= 0.6 is 0 Å². The molecule has 2 unspecified atom stereocenters. The molecule has 0 saturated carbocycles. The number of ether oxygens (including phenoxy) is 1. The molecule has 21 heavy (non-hydrogen) atoms. The van der Waals surface area contributed by atoms with Crippen LogP contribution in [0.5, 0.6) is 5.75 Å². The van der Waals surface area contributed by atoms with Gasteiger partial charge in [-0.3, -0.25) is 0 Å². The summed E-state index contributed by atoms with van der Waals surface area (Å²) in [5.41, 5.74) is 1.60. The molecular formula is C19H31NO. The maximum atomic E-state index is 5.84. The molecule has 1 heterocycles. The summed E-state index contributed by atoms with van der Waals surface area (Å²) < 4.78 is 5.84. The molecule has 1 aliphatic rings. The highest BCUT2D eigenvalue weighted by Crippen LogP contribution is 2.38. The Morgan fingerprint density at radius 1 is 1.24 bits per heavy atom. The van der Waals surface area contributed by atoms with E-state index < -0.39 is 0 Å². The summed E-state index contributed by atoms with van der Waals surface area (Å²) in [6.45, 7) is 13.3. The van der Waals surface area contributed by atoms with Crippen molar-refractivity contribution in [3.63, 3.8) is 0 Å². The minimum absolute atomic E-state index is 0.194. The van der Waals surface area contributed by atoms with E-state index in [-0.39, 0.29) is 5.54 Å². The molecule has 0 aliphatic carbocycles. The van der Waals surface area contributed by atoms with Gasteiger partial charge in [-0.1, -0.05) is 32.0 Å². The van der Waals surface area contributed by atoms with Gasteiger partial charge >= 0.3 is 0 Å². The summed E-state index contributed by atoms with van der Waals surface area (Å²) in [6.07, 6.45) is 2.50. The third-order valence-electron chi connectivity index (χ3n) is 4.14. The van der Waals surface area contributed by atoms with Crippen LogP contribution in [0.3, 0.4) is 0 Å². The van der Waals surface area contributed by atoms with Gasteiger partial charge in [0, 0.05) is 17.0 Å². The molecule has 1 aromatic carbocycles. The van der Waals surface area contributed by atoms with Gasteiger partial charge < -0.3 is 10.1 Å². The normalized spacial score (nSPS) is 19.4. The van der Waals surface area contributed by atoms with E-state index >= 15 is 0 Å². The quantitative estimate of drug-likeness (QED) is 0.826. The van der Waals surface area contributed by atoms with Crippen LogP contribution in [-0.4, -0.2) is 18.7 Å². The molecule has 118 valence electrons. The first-order valence-corrected chi connectivity index (χ1v) is 8.32. The molecule has 0 bridgehead atoms. The number of hydrogen-bond donors (Lipinski definition) is 1. The Kier molecular flexibility index (Phi) is 5.32. The molecule has 0 aromatic heterocycles. The van der Waals surface area contributed by atoms with Crippen LogP contribution in [0, 0.1) is 11.8 Å². The zero-order valence-electron chi connectivity index (χ0n) is 14.3. The number of nitrogens with one attached hydrogen (secondary N) is 1. The number of hydrogen-bond acceptors (Lipinski definition) is 2. The average Bonchev–Trinajstić information content (AvgIpc) is 2.78. The Morgan fingerprint density at radius 3 is 2.62 bits per heavy atom. The van der Waals surface area contributed by atoms with Crippen LogP contribution in [0.25, 0.3) is 0 Å². The summed E-state index contributed by atoms with van der Waals surface area (Å²) in [6, 6.07) is 8.52. The lowest BCUT2D eigenvalue weighted by Gasteiger charge is -2.27. The second-order valence-corrected chi connectivity index (χ2v) is 7.91. The second kappa shape index (κ2) is 6.83. The van der Waals surface area contributed by atoms with E-state index in [1.54, 1.807) is 0 Å². The Hall–Kier alpha value is -1.02. The monoisotopic (exact) mass is 289 g/mol. The van der Waals surface area contributed by atoms with Crippen LogP contribution in [0.4, 0.5) is 0 Å². The topological polar surface area (TPSA) is 21.3 Å². The summed E-state index contributed by atoms with van der Waals surface area (Å²) in [7, 11) is 0. The largest absolute Gasteiger partial charge is 0.493 e. The van der Waals surface area contributed by atoms with Gasteiger partial charge in [0.15, 0.2) is 0 Å². The van der Waals surface area contributed by atoms with Crippen molar-refractivity contribution >= 4 is 0 Å². The zero-order valence-corrected chi connectivity index (χ0v) is 14.3. The molecule has 1 aliphatic heterocycles. The summed E-state index contributed by atoms with van der Waals surface area (Å²) in [4.78, 5) is 0. The first-order valence-electron chi connectivity index (χ1n) is 8.32. The predicted octanol–water partition coefficient (Wildman–Crippen LogP) is 4.60. The van der Waals surface area contributed by atoms with Gasteiger partial charge in [-0.25, -0.2) is 0 Å². The van der Waals surface area contributed by atoms with Crippen LogP contribution in [0.2, 0.25) is 0 Å². The minimum atomic E-state index is 0.194. The number of rotatable bonds is 6. The highest BCUT2D eigenvalue weighted by atomic mass is 16.5. The van der Waals surface area contributed by atoms with Crippen LogP contribution in [0.15, 0.2) is 24.3 Å². The zero-order chi connectivity index (χ0) is 15.5.